The van der Waals surface area contributed by atoms with E-state index < -0.39 is 6.10 Å². The van der Waals surface area contributed by atoms with Gasteiger partial charge in [0.1, 0.15) is 0 Å². The molecule has 0 aliphatic heterocycles. The van der Waals surface area contributed by atoms with Gasteiger partial charge in [-0.2, -0.15) is 0 Å². The third-order valence-electron chi connectivity index (χ3n) is 4.38. The van der Waals surface area contributed by atoms with E-state index in [0.717, 1.165) is 5.69 Å². The Morgan fingerprint density at radius 2 is 1.64 bits per heavy atom. The number of aliphatic hydroxyl groups excluding tert-OH is 1. The number of hydrogen-bond donors (Lipinski definition) is 2. The Hall–Kier alpha value is -2.93. The summed E-state index contributed by atoms with van der Waals surface area (Å²) in [5, 5.41) is 13.0. The number of benzene rings is 2. The fourth-order valence-electron chi connectivity index (χ4n) is 2.81. The van der Waals surface area contributed by atoms with Gasteiger partial charge in [-0.3, -0.25) is 4.79 Å². The van der Waals surface area contributed by atoms with Crippen molar-refractivity contribution in [3.63, 3.8) is 0 Å². The van der Waals surface area contributed by atoms with Crippen LogP contribution in [0.5, 0.6) is 17.2 Å². The lowest BCUT2D eigenvalue weighted by Gasteiger charge is -2.23. The molecule has 0 aliphatic rings. The molecule has 2 rings (SSSR count). The maximum atomic E-state index is 12.5. The second-order valence-corrected chi connectivity index (χ2v) is 6.49. The first-order chi connectivity index (χ1) is 13.4. The number of aliphatic hydroxyl groups is 1. The van der Waals surface area contributed by atoms with E-state index >= 15 is 0 Å². The van der Waals surface area contributed by atoms with Crippen LogP contribution in [0.15, 0.2) is 36.4 Å². The molecule has 0 spiro atoms. The molecule has 1 atom stereocenters. The van der Waals surface area contributed by atoms with Crippen molar-refractivity contribution in [3.8, 4) is 17.2 Å². The number of nitrogens with one attached hydrogen (secondary N) is 1. The van der Waals surface area contributed by atoms with E-state index in [4.69, 9.17) is 14.2 Å². The minimum atomic E-state index is -0.725. The van der Waals surface area contributed by atoms with Crippen molar-refractivity contribution in [2.24, 2.45) is 0 Å². The van der Waals surface area contributed by atoms with Crippen LogP contribution >= 0.6 is 0 Å². The highest BCUT2D eigenvalue weighted by Crippen LogP contribution is 2.38. The van der Waals surface area contributed by atoms with Crippen molar-refractivity contribution < 1.29 is 24.1 Å². The number of ether oxygens (including phenoxy) is 3. The highest BCUT2D eigenvalue weighted by Gasteiger charge is 2.18. The van der Waals surface area contributed by atoms with Crippen molar-refractivity contribution in [2.45, 2.75) is 13.0 Å². The quantitative estimate of drug-likeness (QED) is 0.686. The van der Waals surface area contributed by atoms with Crippen LogP contribution in [-0.2, 0) is 0 Å². The Bertz CT molecular complexity index is 767. The summed E-state index contributed by atoms with van der Waals surface area (Å²) in [6.07, 6.45) is -0.725. The monoisotopic (exact) mass is 388 g/mol. The molecular formula is C21H28N2O5. The predicted octanol–water partition coefficient (Wildman–Crippen LogP) is 2.25. The highest BCUT2D eigenvalue weighted by atomic mass is 16.5. The summed E-state index contributed by atoms with van der Waals surface area (Å²) in [7, 11) is 6.38. The van der Waals surface area contributed by atoms with Gasteiger partial charge < -0.3 is 29.5 Å². The van der Waals surface area contributed by atoms with Crippen LogP contribution in [-0.4, -0.2) is 58.6 Å². The highest BCUT2D eigenvalue weighted by molar-refractivity contribution is 5.95. The smallest absolute Gasteiger partial charge is 0.251 e. The van der Waals surface area contributed by atoms with Gasteiger partial charge in [0.05, 0.1) is 27.4 Å². The summed E-state index contributed by atoms with van der Waals surface area (Å²) >= 11 is 0. The third kappa shape index (κ3) is 5.29. The van der Waals surface area contributed by atoms with Crippen LogP contribution in [0.4, 0.5) is 5.69 Å². The molecule has 28 heavy (non-hydrogen) atoms. The number of carbonyl (C=O) groups excluding carboxylic acids is 1. The van der Waals surface area contributed by atoms with Crippen molar-refractivity contribution in [1.29, 1.82) is 0 Å². The SMILES string of the molecule is COc1cc(C(=O)NCC(O)CN(C)c2ccc(C)cc2)cc(OC)c1OC. The van der Waals surface area contributed by atoms with Gasteiger partial charge in [-0.15, -0.1) is 0 Å². The van der Waals surface area contributed by atoms with Gasteiger partial charge in [-0.05, 0) is 31.2 Å². The minimum absolute atomic E-state index is 0.117. The second kappa shape index (κ2) is 9.85. The summed E-state index contributed by atoms with van der Waals surface area (Å²) < 4.78 is 15.8. The van der Waals surface area contributed by atoms with Crippen LogP contribution in [0.1, 0.15) is 15.9 Å². The molecule has 1 amide bonds. The molecule has 0 radical (unpaired) electrons. The zero-order valence-electron chi connectivity index (χ0n) is 17.0. The number of rotatable bonds is 9. The van der Waals surface area contributed by atoms with Crippen molar-refractivity contribution >= 4 is 11.6 Å². The average Bonchev–Trinajstić information content (AvgIpc) is 2.71. The van der Waals surface area contributed by atoms with Gasteiger partial charge in [-0.25, -0.2) is 0 Å². The first-order valence-corrected chi connectivity index (χ1v) is 8.93. The molecule has 0 aromatic heterocycles. The molecule has 7 heteroatoms. The van der Waals surface area contributed by atoms with Gasteiger partial charge >= 0.3 is 0 Å². The largest absolute Gasteiger partial charge is 0.493 e. The van der Waals surface area contributed by atoms with Crippen LogP contribution in [0.3, 0.4) is 0 Å². The second-order valence-electron chi connectivity index (χ2n) is 6.49. The fraction of sp³-hybridized carbons (Fsp3) is 0.381. The van der Waals surface area contributed by atoms with E-state index in [1.807, 2.05) is 43.1 Å². The number of methoxy groups -OCH3 is 3. The molecule has 1 unspecified atom stereocenters. The number of aryl methyl sites for hydroxylation is 1. The Morgan fingerprint density at radius 3 is 2.14 bits per heavy atom. The Labute approximate surface area is 165 Å². The van der Waals surface area contributed by atoms with Crippen LogP contribution in [0.25, 0.3) is 0 Å². The molecule has 7 nitrogen and oxygen atoms in total. The number of anilines is 1. The zero-order chi connectivity index (χ0) is 20.7. The molecule has 0 aliphatic carbocycles. The van der Waals surface area contributed by atoms with Crippen LogP contribution in [0, 0.1) is 6.92 Å². The normalized spacial score (nSPS) is 11.5. The maximum absolute atomic E-state index is 12.5. The zero-order valence-corrected chi connectivity index (χ0v) is 17.0. The average molecular weight is 388 g/mol. The van der Waals surface area contributed by atoms with E-state index in [1.54, 1.807) is 12.1 Å². The van der Waals surface area contributed by atoms with E-state index in [-0.39, 0.29) is 12.5 Å². The lowest BCUT2D eigenvalue weighted by atomic mass is 10.1. The van der Waals surface area contributed by atoms with E-state index in [1.165, 1.54) is 26.9 Å². The molecule has 2 aromatic carbocycles. The van der Waals surface area contributed by atoms with Crippen molar-refractivity contribution in [2.75, 3.05) is 46.4 Å². The van der Waals surface area contributed by atoms with Gasteiger partial charge in [0.15, 0.2) is 11.5 Å². The van der Waals surface area contributed by atoms with Gasteiger partial charge in [0.25, 0.3) is 5.91 Å². The lowest BCUT2D eigenvalue weighted by Crippen LogP contribution is -2.38. The number of carbonyl (C=O) groups is 1. The van der Waals surface area contributed by atoms with Gasteiger partial charge in [0.2, 0.25) is 5.75 Å². The number of nitrogens with zero attached hydrogens (tertiary/aromatic N) is 1. The molecule has 0 saturated carbocycles. The molecule has 2 aromatic rings. The van der Waals surface area contributed by atoms with Crippen LogP contribution in [0.2, 0.25) is 0 Å². The standard InChI is InChI=1S/C21H28N2O5/c1-14-6-8-16(9-7-14)23(2)13-17(24)12-22-21(25)15-10-18(26-3)20(28-5)19(11-15)27-4/h6-11,17,24H,12-13H2,1-5H3,(H,22,25). The first-order valence-electron chi connectivity index (χ1n) is 8.93. The Kier molecular flexibility index (Phi) is 7.52. The Morgan fingerprint density at radius 1 is 1.07 bits per heavy atom. The molecule has 0 heterocycles. The van der Waals surface area contributed by atoms with E-state index in [9.17, 15) is 9.90 Å². The summed E-state index contributed by atoms with van der Waals surface area (Å²) in [6, 6.07) is 11.2. The predicted molar refractivity (Wildman–Crippen MR) is 109 cm³/mol. The summed E-state index contributed by atoms with van der Waals surface area (Å²) in [5.41, 5.74) is 2.53. The Balaban J connectivity index is 1.98. The van der Waals surface area contributed by atoms with Crippen molar-refractivity contribution in [1.82, 2.24) is 5.32 Å². The van der Waals surface area contributed by atoms with Gasteiger partial charge in [-0.1, -0.05) is 17.7 Å². The topological polar surface area (TPSA) is 80.3 Å². The third-order valence-corrected chi connectivity index (χ3v) is 4.38. The molecule has 0 fully saturated rings. The van der Waals surface area contributed by atoms with E-state index in [2.05, 4.69) is 5.32 Å². The minimum Gasteiger partial charge on any atom is -0.493 e. The van der Waals surface area contributed by atoms with Gasteiger partial charge in [0, 0.05) is 31.4 Å². The molecule has 0 saturated heterocycles. The fourth-order valence-corrected chi connectivity index (χ4v) is 2.81. The molecule has 0 bridgehead atoms. The summed E-state index contributed by atoms with van der Waals surface area (Å²) in [6.45, 7) is 2.53. The first kappa shape index (κ1) is 21.4. The number of amides is 1. The maximum Gasteiger partial charge on any atom is 0.251 e. The number of likely N-dealkylation sites (N-methyl/N-ethyl adjacent to an activating group) is 1. The summed E-state index contributed by atoms with van der Waals surface area (Å²) in [4.78, 5) is 14.4. The molecular weight excluding hydrogens is 360 g/mol. The van der Waals surface area contributed by atoms with Crippen molar-refractivity contribution in [3.05, 3.63) is 47.5 Å². The molecule has 152 valence electrons. The number of hydrogen-bond acceptors (Lipinski definition) is 6. The van der Waals surface area contributed by atoms with E-state index in [0.29, 0.717) is 29.4 Å². The molecule has 2 N–H and O–H groups in total. The lowest BCUT2D eigenvalue weighted by molar-refractivity contribution is 0.0918. The van der Waals surface area contributed by atoms with Crippen LogP contribution < -0.4 is 24.4 Å². The summed E-state index contributed by atoms with van der Waals surface area (Å²) in [5.74, 6) is 0.871.